The Bertz CT molecular complexity index is 231. The van der Waals surface area contributed by atoms with Gasteiger partial charge in [0, 0.05) is 6.42 Å². The fraction of sp³-hybridized carbons (Fsp3) is 0.824. The third-order valence-corrected chi connectivity index (χ3v) is 3.11. The van der Waals surface area contributed by atoms with E-state index in [1.54, 1.807) is 0 Å². The van der Waals surface area contributed by atoms with Crippen molar-refractivity contribution in [2.75, 3.05) is 6.61 Å². The van der Waals surface area contributed by atoms with E-state index >= 15 is 0 Å². The summed E-state index contributed by atoms with van der Waals surface area (Å²) in [6.45, 7) is 7.03. The lowest BCUT2D eigenvalue weighted by Gasteiger charge is -2.06. The molecular weight excluding hydrogens is 236 g/mol. The molecular formula is C17H32O2. The van der Waals surface area contributed by atoms with Crippen molar-refractivity contribution in [3.8, 4) is 0 Å². The zero-order chi connectivity index (χ0) is 14.3. The van der Waals surface area contributed by atoms with Crippen LogP contribution >= 0.6 is 0 Å². The second-order valence-corrected chi connectivity index (χ2v) is 5.59. The van der Waals surface area contributed by atoms with Gasteiger partial charge >= 0.3 is 5.97 Å². The summed E-state index contributed by atoms with van der Waals surface area (Å²) in [5.41, 5.74) is 0. The summed E-state index contributed by atoms with van der Waals surface area (Å²) in [4.78, 5) is 11.4. The smallest absolute Gasteiger partial charge is 0.305 e. The summed E-state index contributed by atoms with van der Waals surface area (Å²) in [5, 5.41) is 0. The van der Waals surface area contributed by atoms with E-state index < -0.39 is 0 Å². The van der Waals surface area contributed by atoms with Crippen molar-refractivity contribution in [2.45, 2.75) is 78.6 Å². The Kier molecular flexibility index (Phi) is 13.1. The molecule has 0 amide bonds. The van der Waals surface area contributed by atoms with Crippen LogP contribution in [0.15, 0.2) is 12.2 Å². The number of hydrogen-bond acceptors (Lipinski definition) is 2. The van der Waals surface area contributed by atoms with E-state index in [4.69, 9.17) is 4.74 Å². The Balaban J connectivity index is 3.20. The molecule has 0 aromatic rings. The van der Waals surface area contributed by atoms with Crippen LogP contribution in [0, 0.1) is 5.92 Å². The third-order valence-electron chi connectivity index (χ3n) is 3.11. The normalized spacial score (nSPS) is 11.4. The van der Waals surface area contributed by atoms with E-state index in [0.717, 1.165) is 25.7 Å². The van der Waals surface area contributed by atoms with E-state index in [1.165, 1.54) is 25.7 Å². The number of esters is 1. The summed E-state index contributed by atoms with van der Waals surface area (Å²) >= 11 is 0. The van der Waals surface area contributed by atoms with Crippen molar-refractivity contribution in [2.24, 2.45) is 5.92 Å². The molecule has 2 heteroatoms. The van der Waals surface area contributed by atoms with Gasteiger partial charge in [0.15, 0.2) is 0 Å². The van der Waals surface area contributed by atoms with Crippen LogP contribution in [0.5, 0.6) is 0 Å². The Hall–Kier alpha value is -0.790. The number of rotatable bonds is 12. The lowest BCUT2D eigenvalue weighted by molar-refractivity contribution is -0.144. The molecule has 0 saturated carbocycles. The molecule has 0 aliphatic rings. The minimum atomic E-state index is -0.0217. The lowest BCUT2D eigenvalue weighted by Crippen LogP contribution is -2.07. The van der Waals surface area contributed by atoms with Gasteiger partial charge in [0.1, 0.15) is 0 Å². The number of allylic oxidation sites excluding steroid dienone is 2. The molecule has 0 saturated heterocycles. The van der Waals surface area contributed by atoms with E-state index in [9.17, 15) is 4.79 Å². The van der Waals surface area contributed by atoms with Gasteiger partial charge in [-0.1, -0.05) is 52.2 Å². The molecule has 2 nitrogen and oxygen atoms in total. The van der Waals surface area contributed by atoms with Gasteiger partial charge in [0.05, 0.1) is 6.61 Å². The molecule has 0 heterocycles. The molecule has 0 aromatic heterocycles. The highest BCUT2D eigenvalue weighted by molar-refractivity contribution is 5.69. The number of unbranched alkanes of at least 4 members (excludes halogenated alkanes) is 5. The van der Waals surface area contributed by atoms with Crippen LogP contribution in [0.2, 0.25) is 0 Å². The maximum atomic E-state index is 11.4. The van der Waals surface area contributed by atoms with Gasteiger partial charge in [-0.15, -0.1) is 0 Å². The predicted octanol–water partition coefficient (Wildman–Crippen LogP) is 5.27. The van der Waals surface area contributed by atoms with E-state index in [2.05, 4.69) is 32.9 Å². The average molecular weight is 268 g/mol. The van der Waals surface area contributed by atoms with Gasteiger partial charge in [0.25, 0.3) is 0 Å². The van der Waals surface area contributed by atoms with Crippen LogP contribution in [-0.4, -0.2) is 12.6 Å². The molecule has 0 atom stereocenters. The molecule has 0 radical (unpaired) electrons. The topological polar surface area (TPSA) is 26.3 Å². The highest BCUT2D eigenvalue weighted by Gasteiger charge is 2.03. The second kappa shape index (κ2) is 13.6. The van der Waals surface area contributed by atoms with Crippen molar-refractivity contribution in [3.63, 3.8) is 0 Å². The largest absolute Gasteiger partial charge is 0.466 e. The monoisotopic (exact) mass is 268 g/mol. The molecule has 19 heavy (non-hydrogen) atoms. The fourth-order valence-electron chi connectivity index (χ4n) is 1.83. The molecule has 0 aliphatic carbocycles. The van der Waals surface area contributed by atoms with Gasteiger partial charge in [-0.05, 0) is 38.0 Å². The van der Waals surface area contributed by atoms with Crippen molar-refractivity contribution >= 4 is 5.97 Å². The maximum Gasteiger partial charge on any atom is 0.305 e. The molecule has 112 valence electrons. The summed E-state index contributed by atoms with van der Waals surface area (Å²) in [6, 6.07) is 0. The molecule has 0 fully saturated rings. The molecule has 0 rings (SSSR count). The molecule has 0 N–H and O–H groups in total. The first-order valence-electron chi connectivity index (χ1n) is 7.97. The van der Waals surface area contributed by atoms with Crippen molar-refractivity contribution in [3.05, 3.63) is 12.2 Å². The maximum absolute atomic E-state index is 11.4. The van der Waals surface area contributed by atoms with Crippen molar-refractivity contribution in [1.82, 2.24) is 0 Å². The number of ether oxygens (including phenoxy) is 1. The number of carbonyl (C=O) groups excluding carboxylic acids is 1. The first-order chi connectivity index (χ1) is 9.16. The highest BCUT2D eigenvalue weighted by atomic mass is 16.5. The van der Waals surface area contributed by atoms with Crippen molar-refractivity contribution < 1.29 is 9.53 Å². The van der Waals surface area contributed by atoms with Gasteiger partial charge in [-0.25, -0.2) is 0 Å². The summed E-state index contributed by atoms with van der Waals surface area (Å²) in [5.74, 6) is 0.584. The van der Waals surface area contributed by atoms with Gasteiger partial charge < -0.3 is 4.74 Å². The van der Waals surface area contributed by atoms with Crippen LogP contribution in [-0.2, 0) is 9.53 Å². The first-order valence-corrected chi connectivity index (χ1v) is 7.97. The second-order valence-electron chi connectivity index (χ2n) is 5.59. The summed E-state index contributed by atoms with van der Waals surface area (Å²) in [6.07, 6.45) is 14.3. The van der Waals surface area contributed by atoms with E-state index in [0.29, 0.717) is 18.9 Å². The number of carbonyl (C=O) groups is 1. The number of hydrogen-bond donors (Lipinski definition) is 0. The molecule has 0 aliphatic heterocycles. The predicted molar refractivity (Wildman–Crippen MR) is 82.2 cm³/mol. The lowest BCUT2D eigenvalue weighted by atomic mass is 10.1. The van der Waals surface area contributed by atoms with Crippen LogP contribution in [0.3, 0.4) is 0 Å². The summed E-state index contributed by atoms with van der Waals surface area (Å²) in [7, 11) is 0. The van der Waals surface area contributed by atoms with Crippen molar-refractivity contribution in [1.29, 1.82) is 0 Å². The third kappa shape index (κ3) is 15.2. The van der Waals surface area contributed by atoms with Gasteiger partial charge in [-0.2, -0.15) is 0 Å². The first kappa shape index (κ1) is 18.2. The fourth-order valence-corrected chi connectivity index (χ4v) is 1.83. The summed E-state index contributed by atoms with van der Waals surface area (Å²) < 4.78 is 5.18. The quantitative estimate of drug-likeness (QED) is 0.274. The van der Waals surface area contributed by atoms with Crippen LogP contribution in [0.25, 0.3) is 0 Å². The molecule has 0 bridgehead atoms. The Morgan fingerprint density at radius 2 is 1.74 bits per heavy atom. The SMILES string of the molecule is CC/C=C/CCCCCCCC(=O)OCCC(C)C. The average Bonchev–Trinajstić information content (AvgIpc) is 2.36. The van der Waals surface area contributed by atoms with Crippen LogP contribution in [0.4, 0.5) is 0 Å². The van der Waals surface area contributed by atoms with E-state index in [-0.39, 0.29) is 5.97 Å². The van der Waals surface area contributed by atoms with Gasteiger partial charge in [-0.3, -0.25) is 4.79 Å². The van der Waals surface area contributed by atoms with E-state index in [1.807, 2.05) is 0 Å². The Labute approximate surface area is 119 Å². The Morgan fingerprint density at radius 3 is 2.42 bits per heavy atom. The zero-order valence-corrected chi connectivity index (χ0v) is 13.1. The minimum Gasteiger partial charge on any atom is -0.466 e. The standard InChI is InChI=1S/C17H32O2/c1-4-5-6-7-8-9-10-11-12-13-17(18)19-15-14-16(2)3/h5-6,16H,4,7-15H2,1-3H3/b6-5+. The minimum absolute atomic E-state index is 0.0217. The highest BCUT2D eigenvalue weighted by Crippen LogP contribution is 2.09. The van der Waals surface area contributed by atoms with Gasteiger partial charge in [0.2, 0.25) is 0 Å². The van der Waals surface area contributed by atoms with Crippen LogP contribution in [0.1, 0.15) is 78.6 Å². The zero-order valence-electron chi connectivity index (χ0n) is 13.1. The molecule has 0 aromatic carbocycles. The molecule has 0 unspecified atom stereocenters. The Morgan fingerprint density at radius 1 is 1.05 bits per heavy atom. The molecule has 0 spiro atoms. The van der Waals surface area contributed by atoms with Crippen LogP contribution < -0.4 is 0 Å².